The fourth-order valence-corrected chi connectivity index (χ4v) is 2.56. The molecule has 3 heteroatoms. The van der Waals surface area contributed by atoms with Crippen LogP contribution in [-0.4, -0.2) is 17.5 Å². The Morgan fingerprint density at radius 2 is 1.74 bits per heavy atom. The maximum absolute atomic E-state index is 9.08. The summed E-state index contributed by atoms with van der Waals surface area (Å²) in [4.78, 5) is 2.33. The van der Waals surface area contributed by atoms with Crippen molar-refractivity contribution in [3.63, 3.8) is 0 Å². The summed E-state index contributed by atoms with van der Waals surface area (Å²) in [5.74, 6) is 0. The van der Waals surface area contributed by atoms with Gasteiger partial charge in [-0.25, -0.2) is 0 Å². The molecule has 0 atom stereocenters. The van der Waals surface area contributed by atoms with Gasteiger partial charge >= 0.3 is 0 Å². The van der Waals surface area contributed by atoms with E-state index in [1.807, 2.05) is 24.3 Å². The van der Waals surface area contributed by atoms with Gasteiger partial charge in [0, 0.05) is 30.8 Å². The molecule has 1 aliphatic rings. The van der Waals surface area contributed by atoms with Crippen molar-refractivity contribution < 1.29 is 5.21 Å². The van der Waals surface area contributed by atoms with E-state index in [1.54, 1.807) is 0 Å². The van der Waals surface area contributed by atoms with Crippen LogP contribution >= 0.6 is 0 Å². The molecule has 0 saturated carbocycles. The van der Waals surface area contributed by atoms with Gasteiger partial charge < -0.3 is 10.1 Å². The Morgan fingerprint density at radius 3 is 2.53 bits per heavy atom. The van der Waals surface area contributed by atoms with Gasteiger partial charge in [0.25, 0.3) is 0 Å². The quantitative estimate of drug-likeness (QED) is 0.657. The van der Waals surface area contributed by atoms with Gasteiger partial charge in [0.05, 0.1) is 5.71 Å². The van der Waals surface area contributed by atoms with Crippen LogP contribution in [0.3, 0.4) is 0 Å². The highest BCUT2D eigenvalue weighted by Crippen LogP contribution is 2.28. The molecule has 0 radical (unpaired) electrons. The van der Waals surface area contributed by atoms with Crippen molar-refractivity contribution in [2.24, 2.45) is 5.16 Å². The minimum atomic E-state index is 0.778. The van der Waals surface area contributed by atoms with Crippen LogP contribution in [0.1, 0.15) is 17.5 Å². The van der Waals surface area contributed by atoms with Gasteiger partial charge in [-0.2, -0.15) is 0 Å². The first kappa shape index (κ1) is 11.8. The zero-order chi connectivity index (χ0) is 13.1. The molecule has 0 spiro atoms. The van der Waals surface area contributed by atoms with Crippen molar-refractivity contribution in [1.29, 1.82) is 0 Å². The monoisotopic (exact) mass is 252 g/mol. The van der Waals surface area contributed by atoms with Crippen molar-refractivity contribution in [3.05, 3.63) is 65.7 Å². The summed E-state index contributed by atoms with van der Waals surface area (Å²) in [7, 11) is 0. The Bertz CT molecular complexity index is 593. The third-order valence-electron chi connectivity index (χ3n) is 3.51. The molecule has 96 valence electrons. The average Bonchev–Trinajstić information content (AvgIpc) is 2.49. The van der Waals surface area contributed by atoms with E-state index >= 15 is 0 Å². The van der Waals surface area contributed by atoms with Gasteiger partial charge in [-0.1, -0.05) is 53.7 Å². The molecule has 1 N–H and O–H groups in total. The summed E-state index contributed by atoms with van der Waals surface area (Å²) in [6, 6.07) is 18.5. The molecule has 2 aromatic carbocycles. The molecule has 3 nitrogen and oxygen atoms in total. The van der Waals surface area contributed by atoms with Crippen LogP contribution in [0.15, 0.2) is 59.8 Å². The number of fused-ring (bicyclic) bond motifs is 1. The van der Waals surface area contributed by atoms with Gasteiger partial charge in [-0.3, -0.25) is 0 Å². The van der Waals surface area contributed by atoms with Crippen LogP contribution in [0.2, 0.25) is 0 Å². The number of oxime groups is 1. The highest BCUT2D eigenvalue weighted by molar-refractivity contribution is 6.06. The first-order chi connectivity index (χ1) is 9.38. The van der Waals surface area contributed by atoms with Crippen molar-refractivity contribution in [1.82, 2.24) is 0 Å². The predicted molar refractivity (Wildman–Crippen MR) is 76.9 cm³/mol. The number of hydrogen-bond acceptors (Lipinski definition) is 3. The molecule has 3 rings (SSSR count). The fourth-order valence-electron chi connectivity index (χ4n) is 2.56. The zero-order valence-electron chi connectivity index (χ0n) is 10.7. The van der Waals surface area contributed by atoms with Gasteiger partial charge in [0.2, 0.25) is 0 Å². The van der Waals surface area contributed by atoms with Crippen LogP contribution in [-0.2, 0) is 6.54 Å². The minimum Gasteiger partial charge on any atom is -0.411 e. The maximum Gasteiger partial charge on any atom is 0.0906 e. The third kappa shape index (κ3) is 2.32. The normalized spacial score (nSPS) is 16.4. The van der Waals surface area contributed by atoms with E-state index in [1.165, 1.54) is 5.56 Å². The van der Waals surface area contributed by atoms with E-state index < -0.39 is 0 Å². The van der Waals surface area contributed by atoms with E-state index in [0.717, 1.165) is 36.5 Å². The second-order valence-corrected chi connectivity index (χ2v) is 4.72. The van der Waals surface area contributed by atoms with Crippen molar-refractivity contribution in [2.45, 2.75) is 13.0 Å². The third-order valence-corrected chi connectivity index (χ3v) is 3.51. The lowest BCUT2D eigenvalue weighted by atomic mass is 9.99. The van der Waals surface area contributed by atoms with E-state index in [-0.39, 0.29) is 0 Å². The second kappa shape index (κ2) is 5.14. The van der Waals surface area contributed by atoms with Crippen LogP contribution in [0.4, 0.5) is 5.69 Å². The number of hydrogen-bond donors (Lipinski definition) is 1. The smallest absolute Gasteiger partial charge is 0.0906 e. The summed E-state index contributed by atoms with van der Waals surface area (Å²) < 4.78 is 0. The molecule has 1 heterocycles. The predicted octanol–water partition coefficient (Wildman–Crippen LogP) is 3.28. The maximum atomic E-state index is 9.08. The molecule has 0 aromatic heterocycles. The van der Waals surface area contributed by atoms with Crippen molar-refractivity contribution in [3.8, 4) is 0 Å². The molecule has 0 bridgehead atoms. The average molecular weight is 252 g/mol. The Morgan fingerprint density at radius 1 is 1.00 bits per heavy atom. The highest BCUT2D eigenvalue weighted by atomic mass is 16.4. The van der Waals surface area contributed by atoms with Crippen LogP contribution in [0, 0.1) is 0 Å². The van der Waals surface area contributed by atoms with E-state index in [4.69, 9.17) is 5.21 Å². The summed E-state index contributed by atoms with van der Waals surface area (Å²) in [6.07, 6.45) is 0.778. The SMILES string of the molecule is ON=C1CCN(Cc2ccccc2)c2ccccc21. The van der Waals surface area contributed by atoms with Crippen LogP contribution in [0.25, 0.3) is 0 Å². The lowest BCUT2D eigenvalue weighted by Crippen LogP contribution is -2.31. The lowest BCUT2D eigenvalue weighted by Gasteiger charge is -2.31. The Balaban J connectivity index is 1.93. The Labute approximate surface area is 112 Å². The number of rotatable bonds is 2. The van der Waals surface area contributed by atoms with Crippen LogP contribution < -0.4 is 4.90 Å². The molecule has 0 aliphatic carbocycles. The second-order valence-electron chi connectivity index (χ2n) is 4.72. The zero-order valence-corrected chi connectivity index (χ0v) is 10.7. The Kier molecular flexibility index (Phi) is 3.19. The summed E-state index contributed by atoms with van der Waals surface area (Å²) in [5.41, 5.74) is 4.25. The topological polar surface area (TPSA) is 35.8 Å². The molecule has 0 amide bonds. The van der Waals surface area contributed by atoms with Gasteiger partial charge in [-0.15, -0.1) is 0 Å². The molecule has 1 aliphatic heterocycles. The number of nitrogens with zero attached hydrogens (tertiary/aromatic N) is 2. The number of anilines is 1. The Hall–Kier alpha value is -2.29. The van der Waals surface area contributed by atoms with Gasteiger partial charge in [0.1, 0.15) is 0 Å². The first-order valence-electron chi connectivity index (χ1n) is 6.47. The summed E-state index contributed by atoms with van der Waals surface area (Å²) in [6.45, 7) is 1.77. The largest absolute Gasteiger partial charge is 0.411 e. The molecule has 2 aromatic rings. The van der Waals surface area contributed by atoms with Gasteiger partial charge in [-0.05, 0) is 11.6 Å². The summed E-state index contributed by atoms with van der Waals surface area (Å²) in [5, 5.41) is 12.5. The highest BCUT2D eigenvalue weighted by Gasteiger charge is 2.21. The number of benzene rings is 2. The first-order valence-corrected chi connectivity index (χ1v) is 6.47. The molecule has 0 unspecified atom stereocenters. The van der Waals surface area contributed by atoms with E-state index in [0.29, 0.717) is 0 Å². The fraction of sp³-hybridized carbons (Fsp3) is 0.188. The number of para-hydroxylation sites is 1. The van der Waals surface area contributed by atoms with Crippen molar-refractivity contribution >= 4 is 11.4 Å². The molecule has 0 saturated heterocycles. The van der Waals surface area contributed by atoms with Gasteiger partial charge in [0.15, 0.2) is 0 Å². The molecular formula is C16H16N2O. The van der Waals surface area contributed by atoms with E-state index in [9.17, 15) is 0 Å². The summed E-state index contributed by atoms with van der Waals surface area (Å²) >= 11 is 0. The molecular weight excluding hydrogens is 236 g/mol. The standard InChI is InChI=1S/C16H16N2O/c19-17-15-10-11-18(12-13-6-2-1-3-7-13)16-9-5-4-8-14(15)16/h1-9,19H,10-12H2. The minimum absolute atomic E-state index is 0.778. The van der Waals surface area contributed by atoms with E-state index in [2.05, 4.69) is 40.4 Å². The molecule has 0 fully saturated rings. The lowest BCUT2D eigenvalue weighted by molar-refractivity contribution is 0.317. The molecule has 19 heavy (non-hydrogen) atoms. The van der Waals surface area contributed by atoms with Crippen LogP contribution in [0.5, 0.6) is 0 Å². The van der Waals surface area contributed by atoms with Crippen molar-refractivity contribution in [2.75, 3.05) is 11.4 Å².